The molecule has 1 aliphatic rings. The lowest BCUT2D eigenvalue weighted by atomic mass is 10.00. The van der Waals surface area contributed by atoms with Crippen LogP contribution in [0.4, 0.5) is 4.39 Å². The highest BCUT2D eigenvalue weighted by Crippen LogP contribution is 2.24. The van der Waals surface area contributed by atoms with E-state index in [9.17, 15) is 9.18 Å². The lowest BCUT2D eigenvalue weighted by Gasteiger charge is -2.29. The number of nitrogens with zero attached hydrogens (tertiary/aromatic N) is 4. The van der Waals surface area contributed by atoms with Gasteiger partial charge < -0.3 is 14.3 Å². The van der Waals surface area contributed by atoms with Crippen LogP contribution in [0.25, 0.3) is 27.8 Å². The average Bonchev–Trinajstić information content (AvgIpc) is 3.09. The van der Waals surface area contributed by atoms with Gasteiger partial charge in [0, 0.05) is 36.2 Å². The van der Waals surface area contributed by atoms with Crippen molar-refractivity contribution in [1.29, 1.82) is 0 Å². The predicted molar refractivity (Wildman–Crippen MR) is 111 cm³/mol. The molecule has 7 heteroatoms. The molecule has 1 aliphatic heterocycles. The summed E-state index contributed by atoms with van der Waals surface area (Å²) in [5.41, 5.74) is 2.91. The first-order valence-electron chi connectivity index (χ1n) is 9.90. The number of hydrogen-bond acceptors (Lipinski definition) is 4. The van der Waals surface area contributed by atoms with E-state index >= 15 is 0 Å². The molecule has 0 unspecified atom stereocenters. The standard InChI is InChI=1S/C22H22FN5O/c1-13-9-16(5-7-24-13)28-8-6-20-17(22(28)29)3-4-19(26-20)15-10-18(23)21-25-14(2)11-27(21)12-15/h3-4,6,8,10-13,16,24H,5,7,9H2,1-2H3/t13-,16-/m1/s1. The highest BCUT2D eigenvalue weighted by atomic mass is 19.1. The molecule has 0 radical (unpaired) electrons. The summed E-state index contributed by atoms with van der Waals surface area (Å²) in [7, 11) is 0. The van der Waals surface area contributed by atoms with Gasteiger partial charge in [-0.2, -0.15) is 0 Å². The van der Waals surface area contributed by atoms with Gasteiger partial charge >= 0.3 is 0 Å². The minimum Gasteiger partial charge on any atom is -0.314 e. The SMILES string of the molecule is Cc1cn2cc(-c3ccc4c(=O)n([C@@H]5CCN[C@H](C)C5)ccc4n3)cc(F)c2n1. The highest BCUT2D eigenvalue weighted by molar-refractivity contribution is 5.80. The summed E-state index contributed by atoms with van der Waals surface area (Å²) in [6.07, 6.45) is 7.30. The molecule has 5 heterocycles. The highest BCUT2D eigenvalue weighted by Gasteiger charge is 2.21. The Morgan fingerprint density at radius 1 is 1.21 bits per heavy atom. The third-order valence-corrected chi connectivity index (χ3v) is 5.69. The maximum Gasteiger partial charge on any atom is 0.260 e. The van der Waals surface area contributed by atoms with E-state index in [1.54, 1.807) is 22.7 Å². The minimum atomic E-state index is -0.395. The van der Waals surface area contributed by atoms with Crippen molar-refractivity contribution in [3.8, 4) is 11.3 Å². The molecule has 1 N–H and O–H groups in total. The summed E-state index contributed by atoms with van der Waals surface area (Å²) in [5.74, 6) is -0.395. The van der Waals surface area contributed by atoms with Crippen LogP contribution in [0.5, 0.6) is 0 Å². The molecule has 6 nitrogen and oxygen atoms in total. The molecule has 0 amide bonds. The fourth-order valence-electron chi connectivity index (χ4n) is 4.27. The van der Waals surface area contributed by atoms with Crippen LogP contribution in [0, 0.1) is 12.7 Å². The summed E-state index contributed by atoms with van der Waals surface area (Å²) in [4.78, 5) is 21.9. The monoisotopic (exact) mass is 391 g/mol. The smallest absolute Gasteiger partial charge is 0.260 e. The molecule has 4 aromatic heterocycles. The van der Waals surface area contributed by atoms with Crippen molar-refractivity contribution in [2.75, 3.05) is 6.54 Å². The third kappa shape index (κ3) is 3.11. The van der Waals surface area contributed by atoms with Gasteiger partial charge in [-0.3, -0.25) is 4.79 Å². The first-order valence-corrected chi connectivity index (χ1v) is 9.90. The number of nitrogens with one attached hydrogen (secondary N) is 1. The van der Waals surface area contributed by atoms with Crippen LogP contribution in [0.2, 0.25) is 0 Å². The number of piperidine rings is 1. The summed E-state index contributed by atoms with van der Waals surface area (Å²) < 4.78 is 17.9. The number of halogens is 1. The van der Waals surface area contributed by atoms with Crippen molar-refractivity contribution >= 4 is 16.6 Å². The van der Waals surface area contributed by atoms with Crippen LogP contribution in [0.3, 0.4) is 0 Å². The van der Waals surface area contributed by atoms with E-state index in [2.05, 4.69) is 22.2 Å². The van der Waals surface area contributed by atoms with E-state index in [1.807, 2.05) is 30.0 Å². The van der Waals surface area contributed by atoms with Crippen LogP contribution < -0.4 is 10.9 Å². The van der Waals surface area contributed by atoms with Crippen LogP contribution in [-0.2, 0) is 0 Å². The molecule has 0 bridgehead atoms. The predicted octanol–water partition coefficient (Wildman–Crippen LogP) is 3.47. The van der Waals surface area contributed by atoms with Gasteiger partial charge in [0.15, 0.2) is 11.5 Å². The van der Waals surface area contributed by atoms with Gasteiger partial charge in [0.05, 0.1) is 22.3 Å². The van der Waals surface area contributed by atoms with Crippen molar-refractivity contribution in [3.05, 3.63) is 64.7 Å². The molecule has 148 valence electrons. The Bertz CT molecular complexity index is 1290. The summed E-state index contributed by atoms with van der Waals surface area (Å²) in [6, 6.07) is 7.49. The zero-order chi connectivity index (χ0) is 20.1. The van der Waals surface area contributed by atoms with E-state index in [4.69, 9.17) is 0 Å². The second kappa shape index (κ2) is 6.77. The number of hydrogen-bond donors (Lipinski definition) is 1. The zero-order valence-electron chi connectivity index (χ0n) is 16.4. The number of aromatic nitrogens is 4. The van der Waals surface area contributed by atoms with Crippen molar-refractivity contribution < 1.29 is 4.39 Å². The second-order valence-corrected chi connectivity index (χ2v) is 7.88. The maximum atomic E-state index is 14.4. The van der Waals surface area contributed by atoms with Crippen LogP contribution >= 0.6 is 0 Å². The normalized spacial score (nSPS) is 19.8. The average molecular weight is 391 g/mol. The molecule has 4 aromatic rings. The lowest BCUT2D eigenvalue weighted by molar-refractivity contribution is 0.309. The molecule has 1 fully saturated rings. The Balaban J connectivity index is 1.58. The van der Waals surface area contributed by atoms with Crippen molar-refractivity contribution in [2.24, 2.45) is 0 Å². The molecular formula is C22H22FN5O. The Labute approximate surface area is 167 Å². The molecule has 0 spiro atoms. The number of fused-ring (bicyclic) bond motifs is 2. The Hall–Kier alpha value is -3.06. The third-order valence-electron chi connectivity index (χ3n) is 5.69. The van der Waals surface area contributed by atoms with Gasteiger partial charge in [-0.25, -0.2) is 14.4 Å². The molecule has 2 atom stereocenters. The molecule has 29 heavy (non-hydrogen) atoms. The van der Waals surface area contributed by atoms with Crippen molar-refractivity contribution in [3.63, 3.8) is 0 Å². The molecular weight excluding hydrogens is 369 g/mol. The molecule has 1 saturated heterocycles. The Kier molecular flexibility index (Phi) is 4.20. The molecule has 0 aromatic carbocycles. The van der Waals surface area contributed by atoms with Gasteiger partial charge in [-0.1, -0.05) is 0 Å². The van der Waals surface area contributed by atoms with Gasteiger partial charge in [0.2, 0.25) is 0 Å². The topological polar surface area (TPSA) is 64.2 Å². The molecule has 5 rings (SSSR count). The van der Waals surface area contributed by atoms with Crippen LogP contribution in [-0.4, -0.2) is 31.5 Å². The fraction of sp³-hybridized carbons (Fsp3) is 0.318. The maximum absolute atomic E-state index is 14.4. The van der Waals surface area contributed by atoms with E-state index in [0.29, 0.717) is 33.8 Å². The molecule has 0 saturated carbocycles. The summed E-state index contributed by atoms with van der Waals surface area (Å²) >= 11 is 0. The first-order chi connectivity index (χ1) is 14.0. The second-order valence-electron chi connectivity index (χ2n) is 7.88. The van der Waals surface area contributed by atoms with Crippen LogP contribution in [0.1, 0.15) is 31.5 Å². The Morgan fingerprint density at radius 2 is 2.07 bits per heavy atom. The fourth-order valence-corrected chi connectivity index (χ4v) is 4.27. The zero-order valence-corrected chi connectivity index (χ0v) is 16.4. The number of rotatable bonds is 2. The number of pyridine rings is 3. The number of imidazole rings is 1. The van der Waals surface area contributed by atoms with Gasteiger partial charge in [-0.15, -0.1) is 0 Å². The lowest BCUT2D eigenvalue weighted by Crippen LogP contribution is -2.39. The summed E-state index contributed by atoms with van der Waals surface area (Å²) in [6.45, 7) is 4.88. The van der Waals surface area contributed by atoms with E-state index in [-0.39, 0.29) is 11.6 Å². The number of aryl methyl sites for hydroxylation is 1. The van der Waals surface area contributed by atoms with E-state index in [1.165, 1.54) is 6.07 Å². The van der Waals surface area contributed by atoms with Gasteiger partial charge in [0.1, 0.15) is 0 Å². The van der Waals surface area contributed by atoms with E-state index in [0.717, 1.165) is 25.1 Å². The Morgan fingerprint density at radius 3 is 2.90 bits per heavy atom. The van der Waals surface area contributed by atoms with Gasteiger partial charge in [0.25, 0.3) is 5.56 Å². The van der Waals surface area contributed by atoms with Crippen LogP contribution in [0.15, 0.2) is 47.7 Å². The summed E-state index contributed by atoms with van der Waals surface area (Å²) in [5, 5.41) is 4.00. The molecule has 0 aliphatic carbocycles. The van der Waals surface area contributed by atoms with Crippen molar-refractivity contribution in [2.45, 2.75) is 38.8 Å². The van der Waals surface area contributed by atoms with E-state index < -0.39 is 5.82 Å². The van der Waals surface area contributed by atoms with Gasteiger partial charge in [-0.05, 0) is 57.5 Å². The minimum absolute atomic E-state index is 0.0208. The van der Waals surface area contributed by atoms with Crippen molar-refractivity contribution in [1.82, 2.24) is 24.3 Å². The quantitative estimate of drug-likeness (QED) is 0.568. The largest absolute Gasteiger partial charge is 0.314 e. The first kappa shape index (κ1) is 18.0.